The third-order valence-corrected chi connectivity index (χ3v) is 1.78. The average Bonchev–Trinajstić information content (AvgIpc) is 2.48. The van der Waals surface area contributed by atoms with Gasteiger partial charge < -0.3 is 5.21 Å². The van der Waals surface area contributed by atoms with Crippen LogP contribution in [0.2, 0.25) is 0 Å². The van der Waals surface area contributed by atoms with Gasteiger partial charge in [0, 0.05) is 19.4 Å². The van der Waals surface area contributed by atoms with E-state index >= 15 is 0 Å². The van der Waals surface area contributed by atoms with E-state index in [-0.39, 0.29) is 0 Å². The molecule has 13 heavy (non-hydrogen) atoms. The summed E-state index contributed by atoms with van der Waals surface area (Å²) in [5.74, 6) is 0. The van der Waals surface area contributed by atoms with Crippen molar-refractivity contribution in [1.29, 1.82) is 0 Å². The Morgan fingerprint density at radius 3 is 3.15 bits per heavy atom. The van der Waals surface area contributed by atoms with E-state index in [0.29, 0.717) is 6.54 Å². The van der Waals surface area contributed by atoms with E-state index in [2.05, 4.69) is 9.97 Å². The lowest BCUT2D eigenvalue weighted by Gasteiger charge is -2.06. The summed E-state index contributed by atoms with van der Waals surface area (Å²) >= 11 is 0. The third kappa shape index (κ3) is 1.51. The SMILES string of the molecule is CN(O)Cc1cnc2cnccn12. The van der Waals surface area contributed by atoms with Gasteiger partial charge >= 0.3 is 0 Å². The number of imidazole rings is 1. The van der Waals surface area contributed by atoms with Crippen LogP contribution < -0.4 is 0 Å². The molecular formula is C8H10N4O. The second-order valence-corrected chi connectivity index (χ2v) is 2.87. The topological polar surface area (TPSA) is 53.7 Å². The van der Waals surface area contributed by atoms with Gasteiger partial charge in [0.25, 0.3) is 0 Å². The average molecular weight is 178 g/mol. The number of hydroxylamine groups is 2. The first-order valence-corrected chi connectivity index (χ1v) is 3.93. The Balaban J connectivity index is 2.46. The van der Waals surface area contributed by atoms with Gasteiger partial charge in [0.2, 0.25) is 0 Å². The molecule has 0 aliphatic carbocycles. The molecule has 2 aromatic rings. The molecule has 2 rings (SSSR count). The molecule has 2 heterocycles. The van der Waals surface area contributed by atoms with Gasteiger partial charge in [-0.3, -0.25) is 9.38 Å². The molecule has 0 unspecified atom stereocenters. The van der Waals surface area contributed by atoms with Crippen LogP contribution in [0.5, 0.6) is 0 Å². The maximum atomic E-state index is 9.06. The van der Waals surface area contributed by atoms with Gasteiger partial charge in [0.15, 0.2) is 5.65 Å². The van der Waals surface area contributed by atoms with Crippen LogP contribution in [0.15, 0.2) is 24.8 Å². The smallest absolute Gasteiger partial charge is 0.155 e. The molecule has 68 valence electrons. The second kappa shape index (κ2) is 3.12. The molecule has 0 amide bonds. The molecule has 0 radical (unpaired) electrons. The number of fused-ring (bicyclic) bond motifs is 1. The molecule has 2 aromatic heterocycles. The van der Waals surface area contributed by atoms with Gasteiger partial charge in [-0.2, -0.15) is 5.06 Å². The molecule has 5 heteroatoms. The zero-order chi connectivity index (χ0) is 9.26. The summed E-state index contributed by atoms with van der Waals surface area (Å²) in [6.45, 7) is 0.450. The van der Waals surface area contributed by atoms with Gasteiger partial charge in [0.1, 0.15) is 0 Å². The standard InChI is InChI=1S/C8H10N4O/c1-11(13)6-7-4-10-8-5-9-2-3-12(7)8/h2-5,13H,6H2,1H3. The van der Waals surface area contributed by atoms with Crippen molar-refractivity contribution in [2.75, 3.05) is 7.05 Å². The quantitative estimate of drug-likeness (QED) is 0.682. The first kappa shape index (κ1) is 8.15. The Morgan fingerprint density at radius 2 is 2.38 bits per heavy atom. The largest absolute Gasteiger partial charge is 0.314 e. The lowest BCUT2D eigenvalue weighted by atomic mass is 10.4. The van der Waals surface area contributed by atoms with Crippen LogP contribution in [0.3, 0.4) is 0 Å². The van der Waals surface area contributed by atoms with Gasteiger partial charge in [-0.15, -0.1) is 0 Å². The van der Waals surface area contributed by atoms with Crippen molar-refractivity contribution in [1.82, 2.24) is 19.4 Å². The van der Waals surface area contributed by atoms with Crippen LogP contribution in [0, 0.1) is 0 Å². The van der Waals surface area contributed by atoms with Gasteiger partial charge in [-0.1, -0.05) is 0 Å². The van der Waals surface area contributed by atoms with Crippen LogP contribution in [0.25, 0.3) is 5.65 Å². The molecule has 0 spiro atoms. The van der Waals surface area contributed by atoms with Crippen LogP contribution >= 0.6 is 0 Å². The van der Waals surface area contributed by atoms with E-state index in [0.717, 1.165) is 16.4 Å². The van der Waals surface area contributed by atoms with Gasteiger partial charge in [-0.05, 0) is 0 Å². The number of hydrogen-bond acceptors (Lipinski definition) is 4. The monoisotopic (exact) mass is 178 g/mol. The van der Waals surface area contributed by atoms with E-state index < -0.39 is 0 Å². The number of nitrogens with zero attached hydrogens (tertiary/aromatic N) is 4. The molecule has 5 nitrogen and oxygen atoms in total. The van der Waals surface area contributed by atoms with E-state index in [1.807, 2.05) is 10.6 Å². The fourth-order valence-electron chi connectivity index (χ4n) is 1.25. The Bertz CT molecular complexity index is 409. The summed E-state index contributed by atoms with van der Waals surface area (Å²) in [6, 6.07) is 0. The Kier molecular flexibility index (Phi) is 1.96. The van der Waals surface area contributed by atoms with Crippen molar-refractivity contribution in [3.05, 3.63) is 30.5 Å². The normalized spacial score (nSPS) is 11.3. The molecule has 0 saturated carbocycles. The summed E-state index contributed by atoms with van der Waals surface area (Å²) < 4.78 is 1.89. The minimum absolute atomic E-state index is 0.450. The maximum absolute atomic E-state index is 9.06. The van der Waals surface area contributed by atoms with Crippen molar-refractivity contribution in [2.24, 2.45) is 0 Å². The molecule has 0 atom stereocenters. The zero-order valence-electron chi connectivity index (χ0n) is 7.25. The first-order chi connectivity index (χ1) is 6.27. The Labute approximate surface area is 75.2 Å². The lowest BCUT2D eigenvalue weighted by molar-refractivity contribution is -0.0742. The maximum Gasteiger partial charge on any atom is 0.155 e. The summed E-state index contributed by atoms with van der Waals surface area (Å²) in [6.07, 6.45) is 6.92. The molecule has 1 N–H and O–H groups in total. The summed E-state index contributed by atoms with van der Waals surface area (Å²) in [5, 5.41) is 10.2. The van der Waals surface area contributed by atoms with Crippen LogP contribution in [-0.2, 0) is 6.54 Å². The highest BCUT2D eigenvalue weighted by Crippen LogP contribution is 2.05. The fraction of sp³-hybridized carbons (Fsp3) is 0.250. The van der Waals surface area contributed by atoms with E-state index in [1.165, 1.54) is 0 Å². The zero-order valence-corrected chi connectivity index (χ0v) is 7.25. The molecule has 0 aromatic carbocycles. The van der Waals surface area contributed by atoms with Gasteiger partial charge in [0.05, 0.1) is 24.6 Å². The Hall–Kier alpha value is -1.46. The highest BCUT2D eigenvalue weighted by atomic mass is 16.5. The summed E-state index contributed by atoms with van der Waals surface area (Å²) in [5.41, 5.74) is 1.72. The summed E-state index contributed by atoms with van der Waals surface area (Å²) in [4.78, 5) is 8.08. The van der Waals surface area contributed by atoms with Crippen molar-refractivity contribution in [3.8, 4) is 0 Å². The lowest BCUT2D eigenvalue weighted by Crippen LogP contribution is -2.13. The summed E-state index contributed by atoms with van der Waals surface area (Å²) in [7, 11) is 1.60. The Morgan fingerprint density at radius 1 is 1.54 bits per heavy atom. The predicted molar refractivity (Wildman–Crippen MR) is 46.2 cm³/mol. The van der Waals surface area contributed by atoms with E-state index in [9.17, 15) is 0 Å². The minimum Gasteiger partial charge on any atom is -0.314 e. The molecule has 0 aliphatic rings. The third-order valence-electron chi connectivity index (χ3n) is 1.78. The van der Waals surface area contributed by atoms with Crippen molar-refractivity contribution in [3.63, 3.8) is 0 Å². The van der Waals surface area contributed by atoms with Crippen molar-refractivity contribution >= 4 is 5.65 Å². The van der Waals surface area contributed by atoms with Gasteiger partial charge in [-0.25, -0.2) is 4.98 Å². The van der Waals surface area contributed by atoms with Crippen LogP contribution in [-0.4, -0.2) is 31.7 Å². The molecule has 0 aliphatic heterocycles. The number of rotatable bonds is 2. The van der Waals surface area contributed by atoms with E-state index in [4.69, 9.17) is 5.21 Å². The van der Waals surface area contributed by atoms with Crippen LogP contribution in [0.1, 0.15) is 5.69 Å². The number of hydrogen-bond donors (Lipinski definition) is 1. The minimum atomic E-state index is 0.450. The van der Waals surface area contributed by atoms with E-state index in [1.54, 1.807) is 25.6 Å². The highest BCUT2D eigenvalue weighted by molar-refractivity contribution is 5.36. The second-order valence-electron chi connectivity index (χ2n) is 2.87. The predicted octanol–water partition coefficient (Wildman–Crippen LogP) is 0.550. The molecule has 0 bridgehead atoms. The number of aromatic nitrogens is 3. The first-order valence-electron chi connectivity index (χ1n) is 3.93. The molecule has 0 saturated heterocycles. The van der Waals surface area contributed by atoms with Crippen molar-refractivity contribution in [2.45, 2.75) is 6.54 Å². The molecular weight excluding hydrogens is 168 g/mol. The highest BCUT2D eigenvalue weighted by Gasteiger charge is 2.03. The molecule has 0 fully saturated rings. The van der Waals surface area contributed by atoms with Crippen molar-refractivity contribution < 1.29 is 5.21 Å². The fourth-order valence-corrected chi connectivity index (χ4v) is 1.25. The van der Waals surface area contributed by atoms with Crippen LogP contribution in [0.4, 0.5) is 0 Å².